The Bertz CT molecular complexity index is 1280. The second-order valence-electron chi connectivity index (χ2n) is 7.23. The molecule has 1 atom stereocenters. The van der Waals surface area contributed by atoms with Crippen molar-refractivity contribution in [3.8, 4) is 10.6 Å². The minimum Gasteiger partial charge on any atom is -0.326 e. The van der Waals surface area contributed by atoms with Crippen LogP contribution in [0, 0.1) is 5.82 Å². The van der Waals surface area contributed by atoms with E-state index in [0.29, 0.717) is 10.0 Å². The minimum atomic E-state index is -0.947. The van der Waals surface area contributed by atoms with Gasteiger partial charge in [-0.15, -0.1) is 10.2 Å². The Morgan fingerprint density at radius 2 is 1.62 bits per heavy atom. The highest BCUT2D eigenvalue weighted by atomic mass is 35.5. The molecular formula is C24H19ClFN5O2S. The number of carbonyl (C=O) groups excluding carboxylic acids is 2. The second-order valence-corrected chi connectivity index (χ2v) is 8.64. The number of hydrogen-bond donors (Lipinski definition) is 3. The van der Waals surface area contributed by atoms with Crippen LogP contribution in [0.15, 0.2) is 78.9 Å². The Kier molecular flexibility index (Phi) is 7.46. The molecule has 0 radical (unpaired) electrons. The summed E-state index contributed by atoms with van der Waals surface area (Å²) in [5, 5.41) is 17.4. The van der Waals surface area contributed by atoms with Gasteiger partial charge in [0.05, 0.1) is 5.69 Å². The van der Waals surface area contributed by atoms with Gasteiger partial charge in [-0.3, -0.25) is 10.1 Å². The highest BCUT2D eigenvalue weighted by molar-refractivity contribution is 7.18. The predicted molar refractivity (Wildman–Crippen MR) is 131 cm³/mol. The zero-order valence-electron chi connectivity index (χ0n) is 17.7. The van der Waals surface area contributed by atoms with Crippen molar-refractivity contribution < 1.29 is 14.0 Å². The van der Waals surface area contributed by atoms with Crippen LogP contribution in [0.25, 0.3) is 10.6 Å². The van der Waals surface area contributed by atoms with Crippen LogP contribution in [-0.2, 0) is 11.2 Å². The van der Waals surface area contributed by atoms with E-state index in [1.165, 1.54) is 29.5 Å². The standard InChI is InChI=1S/C24H19ClFN5O2S/c25-17-12-10-16(11-13-17)22-30-31-24(34-22)29-21(32)20(14-15-6-2-1-3-7-15)28-23(33)27-19-9-5-4-8-18(19)26/h1-13,20H,14H2,(H2,27,28,33)(H,29,31,32). The van der Waals surface area contributed by atoms with Crippen molar-refractivity contribution in [1.29, 1.82) is 0 Å². The molecule has 0 saturated carbocycles. The van der Waals surface area contributed by atoms with Crippen molar-refractivity contribution in [2.45, 2.75) is 12.5 Å². The van der Waals surface area contributed by atoms with Gasteiger partial charge < -0.3 is 10.6 Å². The fourth-order valence-corrected chi connectivity index (χ4v) is 3.99. The zero-order valence-corrected chi connectivity index (χ0v) is 19.2. The molecule has 4 rings (SSSR count). The van der Waals surface area contributed by atoms with Crippen LogP contribution in [0.4, 0.5) is 20.0 Å². The lowest BCUT2D eigenvalue weighted by molar-refractivity contribution is -0.117. The van der Waals surface area contributed by atoms with E-state index in [0.717, 1.165) is 11.1 Å². The monoisotopic (exact) mass is 495 g/mol. The lowest BCUT2D eigenvalue weighted by Gasteiger charge is -2.18. The van der Waals surface area contributed by atoms with Gasteiger partial charge in [-0.2, -0.15) is 0 Å². The number of anilines is 2. The molecule has 3 aromatic carbocycles. The first-order chi connectivity index (χ1) is 16.5. The van der Waals surface area contributed by atoms with E-state index in [4.69, 9.17) is 11.6 Å². The van der Waals surface area contributed by atoms with Crippen LogP contribution >= 0.6 is 22.9 Å². The molecule has 0 spiro atoms. The molecule has 4 aromatic rings. The third-order valence-electron chi connectivity index (χ3n) is 4.77. The van der Waals surface area contributed by atoms with Gasteiger partial charge >= 0.3 is 6.03 Å². The Labute approximate surface area is 204 Å². The highest BCUT2D eigenvalue weighted by Crippen LogP contribution is 2.27. The smallest absolute Gasteiger partial charge is 0.319 e. The molecular weight excluding hydrogens is 477 g/mol. The number of halogens is 2. The average molecular weight is 496 g/mol. The number of para-hydroxylation sites is 1. The van der Waals surface area contributed by atoms with E-state index in [-0.39, 0.29) is 17.2 Å². The Morgan fingerprint density at radius 1 is 0.912 bits per heavy atom. The summed E-state index contributed by atoms with van der Waals surface area (Å²) in [7, 11) is 0. The van der Waals surface area contributed by atoms with E-state index < -0.39 is 23.8 Å². The molecule has 3 amide bonds. The lowest BCUT2D eigenvalue weighted by atomic mass is 10.1. The van der Waals surface area contributed by atoms with Crippen LogP contribution in [0.2, 0.25) is 5.02 Å². The van der Waals surface area contributed by atoms with Gasteiger partial charge in [-0.05, 0) is 29.8 Å². The van der Waals surface area contributed by atoms with Crippen molar-refractivity contribution >= 4 is 45.7 Å². The molecule has 1 heterocycles. The molecule has 10 heteroatoms. The average Bonchev–Trinajstić information content (AvgIpc) is 3.29. The van der Waals surface area contributed by atoms with Crippen LogP contribution in [0.3, 0.4) is 0 Å². The molecule has 34 heavy (non-hydrogen) atoms. The van der Waals surface area contributed by atoms with E-state index >= 15 is 0 Å². The molecule has 1 aromatic heterocycles. The van der Waals surface area contributed by atoms with Gasteiger partial charge in [-0.1, -0.05) is 77.5 Å². The third kappa shape index (κ3) is 6.15. The van der Waals surface area contributed by atoms with Crippen LogP contribution in [-0.4, -0.2) is 28.2 Å². The summed E-state index contributed by atoms with van der Waals surface area (Å²) >= 11 is 7.12. The number of nitrogens with one attached hydrogen (secondary N) is 3. The number of carbonyl (C=O) groups is 2. The number of hydrogen-bond acceptors (Lipinski definition) is 5. The second kappa shape index (κ2) is 10.9. The number of aromatic nitrogens is 2. The maximum absolute atomic E-state index is 13.9. The molecule has 7 nitrogen and oxygen atoms in total. The fourth-order valence-electron chi connectivity index (χ4n) is 3.11. The summed E-state index contributed by atoms with van der Waals surface area (Å²) in [5.74, 6) is -1.06. The van der Waals surface area contributed by atoms with E-state index in [2.05, 4.69) is 26.1 Å². The van der Waals surface area contributed by atoms with Gasteiger partial charge in [0, 0.05) is 17.0 Å². The normalized spacial score (nSPS) is 11.5. The van der Waals surface area contributed by atoms with Crippen molar-refractivity contribution in [2.75, 3.05) is 10.6 Å². The Morgan fingerprint density at radius 3 is 2.35 bits per heavy atom. The summed E-state index contributed by atoms with van der Waals surface area (Å²) in [4.78, 5) is 25.6. The summed E-state index contributed by atoms with van der Waals surface area (Å²) in [6, 6.07) is 20.5. The molecule has 0 aliphatic heterocycles. The Balaban J connectivity index is 1.48. The minimum absolute atomic E-state index is 0.00981. The van der Waals surface area contributed by atoms with Crippen molar-refractivity contribution in [1.82, 2.24) is 15.5 Å². The van der Waals surface area contributed by atoms with Gasteiger partial charge in [0.15, 0.2) is 0 Å². The van der Waals surface area contributed by atoms with Crippen LogP contribution in [0.5, 0.6) is 0 Å². The number of amides is 3. The van der Waals surface area contributed by atoms with Gasteiger partial charge in [0.25, 0.3) is 0 Å². The van der Waals surface area contributed by atoms with E-state index in [1.54, 1.807) is 30.3 Å². The van der Waals surface area contributed by atoms with Crippen molar-refractivity contribution in [2.24, 2.45) is 0 Å². The quantitative estimate of drug-likeness (QED) is 0.321. The number of rotatable bonds is 7. The topological polar surface area (TPSA) is 96.0 Å². The number of urea groups is 1. The molecule has 0 saturated heterocycles. The van der Waals surface area contributed by atoms with E-state index in [9.17, 15) is 14.0 Å². The van der Waals surface area contributed by atoms with Gasteiger partial charge in [0.1, 0.15) is 16.9 Å². The summed E-state index contributed by atoms with van der Waals surface area (Å²) in [6.45, 7) is 0. The highest BCUT2D eigenvalue weighted by Gasteiger charge is 2.23. The zero-order chi connectivity index (χ0) is 23.9. The van der Waals surface area contributed by atoms with E-state index in [1.807, 2.05) is 30.3 Å². The number of nitrogens with zero attached hydrogens (tertiary/aromatic N) is 2. The molecule has 1 unspecified atom stereocenters. The molecule has 0 aliphatic carbocycles. The van der Waals surface area contributed by atoms with Crippen molar-refractivity contribution in [3.05, 3.63) is 95.3 Å². The van der Waals surface area contributed by atoms with Crippen LogP contribution < -0.4 is 16.0 Å². The lowest BCUT2D eigenvalue weighted by Crippen LogP contribution is -2.47. The Hall–Kier alpha value is -3.82. The maximum atomic E-state index is 13.9. The third-order valence-corrected chi connectivity index (χ3v) is 5.91. The first kappa shape index (κ1) is 23.3. The number of benzene rings is 3. The SMILES string of the molecule is O=C(Nc1ccccc1F)NC(Cc1ccccc1)C(=O)Nc1nnc(-c2ccc(Cl)cc2)s1. The van der Waals surface area contributed by atoms with Gasteiger partial charge in [0.2, 0.25) is 11.0 Å². The molecule has 172 valence electrons. The molecule has 0 aliphatic rings. The van der Waals surface area contributed by atoms with Crippen LogP contribution in [0.1, 0.15) is 5.56 Å². The van der Waals surface area contributed by atoms with Crippen molar-refractivity contribution in [3.63, 3.8) is 0 Å². The largest absolute Gasteiger partial charge is 0.326 e. The summed E-state index contributed by atoms with van der Waals surface area (Å²) in [5.41, 5.74) is 1.66. The van der Waals surface area contributed by atoms with Gasteiger partial charge in [-0.25, -0.2) is 9.18 Å². The fraction of sp³-hybridized carbons (Fsp3) is 0.0833. The summed E-state index contributed by atoms with van der Waals surface area (Å²) < 4.78 is 13.9. The molecule has 0 bridgehead atoms. The first-order valence-corrected chi connectivity index (χ1v) is 11.4. The first-order valence-electron chi connectivity index (χ1n) is 10.2. The summed E-state index contributed by atoms with van der Waals surface area (Å²) in [6.07, 6.45) is 0.222. The molecule has 3 N–H and O–H groups in total. The maximum Gasteiger partial charge on any atom is 0.319 e. The molecule has 0 fully saturated rings. The predicted octanol–water partition coefficient (Wildman–Crippen LogP) is 5.37.